The minimum absolute atomic E-state index is 0.000835. The second-order valence-electron chi connectivity index (χ2n) is 5.52. The molecule has 1 N–H and O–H groups in total. The lowest BCUT2D eigenvalue weighted by molar-refractivity contribution is -0.129. The van der Waals surface area contributed by atoms with Crippen LogP contribution in [0.25, 0.3) is 11.0 Å². The summed E-state index contributed by atoms with van der Waals surface area (Å²) in [5, 5.41) is 10.1. The number of aliphatic hydroxyl groups is 1. The Morgan fingerprint density at radius 1 is 1.29 bits per heavy atom. The summed E-state index contributed by atoms with van der Waals surface area (Å²) in [6, 6.07) is 7.97. The van der Waals surface area contributed by atoms with Gasteiger partial charge in [0.25, 0.3) is 0 Å². The molecule has 2 heterocycles. The maximum absolute atomic E-state index is 11.5. The molecular formula is C15H20N4O2. The lowest BCUT2D eigenvalue weighted by Crippen LogP contribution is -2.36. The number of β-amino-alcohol motifs (C(OH)–C–C–N with tert-alkyl or cyclic N) is 1. The molecule has 6 nitrogen and oxygen atoms in total. The van der Waals surface area contributed by atoms with Gasteiger partial charge in [0.05, 0.1) is 17.1 Å². The van der Waals surface area contributed by atoms with Crippen molar-refractivity contribution in [1.82, 2.24) is 14.5 Å². The van der Waals surface area contributed by atoms with E-state index < -0.39 is 6.10 Å². The molecule has 1 aliphatic rings. The van der Waals surface area contributed by atoms with Crippen LogP contribution in [0.2, 0.25) is 0 Å². The second-order valence-corrected chi connectivity index (χ2v) is 5.52. The number of nitrogens with zero attached hydrogens (tertiary/aromatic N) is 4. The van der Waals surface area contributed by atoms with E-state index >= 15 is 0 Å². The van der Waals surface area contributed by atoms with Gasteiger partial charge in [0.15, 0.2) is 0 Å². The zero-order chi connectivity index (χ0) is 15.0. The first-order valence-corrected chi connectivity index (χ1v) is 7.16. The number of rotatable bonds is 1. The second kappa shape index (κ2) is 5.37. The molecular weight excluding hydrogens is 268 g/mol. The highest BCUT2D eigenvalue weighted by molar-refractivity contribution is 5.78. The summed E-state index contributed by atoms with van der Waals surface area (Å²) in [6.07, 6.45) is -0.559. The maximum Gasteiger partial charge on any atom is 0.219 e. The SMILES string of the molecule is CC(=O)N1CCN(c2nc3ccccc3n2C)CC(O)C1. The van der Waals surface area contributed by atoms with Crippen molar-refractivity contribution in [2.45, 2.75) is 13.0 Å². The molecule has 1 unspecified atom stereocenters. The van der Waals surface area contributed by atoms with Crippen LogP contribution >= 0.6 is 0 Å². The van der Waals surface area contributed by atoms with E-state index in [4.69, 9.17) is 0 Å². The Morgan fingerprint density at radius 2 is 2.05 bits per heavy atom. The molecule has 1 aromatic heterocycles. The number of imidazole rings is 1. The molecule has 1 atom stereocenters. The van der Waals surface area contributed by atoms with Gasteiger partial charge in [-0.3, -0.25) is 4.79 Å². The molecule has 0 radical (unpaired) electrons. The number of carbonyl (C=O) groups is 1. The molecule has 0 aliphatic carbocycles. The summed E-state index contributed by atoms with van der Waals surface area (Å²) in [5.41, 5.74) is 2.01. The molecule has 112 valence electrons. The van der Waals surface area contributed by atoms with Crippen LogP contribution in [0.5, 0.6) is 0 Å². The van der Waals surface area contributed by atoms with Gasteiger partial charge < -0.3 is 19.5 Å². The van der Waals surface area contributed by atoms with Crippen molar-refractivity contribution in [2.75, 3.05) is 31.1 Å². The molecule has 1 amide bonds. The molecule has 0 spiro atoms. The molecule has 0 saturated carbocycles. The standard InChI is InChI=1S/C15H20N4O2/c1-11(20)18-7-8-19(10-12(21)9-18)15-16-13-5-3-4-6-14(13)17(15)2/h3-6,12,21H,7-10H2,1-2H3. The molecule has 2 aromatic rings. The molecule has 1 aliphatic heterocycles. The first-order valence-electron chi connectivity index (χ1n) is 7.16. The van der Waals surface area contributed by atoms with Crippen molar-refractivity contribution in [3.8, 4) is 0 Å². The highest BCUT2D eigenvalue weighted by Crippen LogP contribution is 2.22. The lowest BCUT2D eigenvalue weighted by atomic mass is 10.3. The average molecular weight is 288 g/mol. The molecule has 1 aromatic carbocycles. The van der Waals surface area contributed by atoms with Gasteiger partial charge >= 0.3 is 0 Å². The van der Waals surface area contributed by atoms with Crippen LogP contribution in [-0.4, -0.2) is 57.7 Å². The number of amides is 1. The number of aryl methyl sites for hydroxylation is 1. The highest BCUT2D eigenvalue weighted by atomic mass is 16.3. The Kier molecular flexibility index (Phi) is 3.55. The summed E-state index contributed by atoms with van der Waals surface area (Å²) >= 11 is 0. The zero-order valence-corrected chi connectivity index (χ0v) is 12.4. The average Bonchev–Trinajstić information content (AvgIpc) is 2.66. The third-order valence-electron chi connectivity index (χ3n) is 3.99. The summed E-state index contributed by atoms with van der Waals surface area (Å²) in [5.74, 6) is 0.835. The first kappa shape index (κ1) is 13.9. The van der Waals surface area contributed by atoms with Crippen molar-refractivity contribution in [3.05, 3.63) is 24.3 Å². The van der Waals surface area contributed by atoms with E-state index in [1.54, 1.807) is 4.90 Å². The van der Waals surface area contributed by atoms with Crippen LogP contribution in [0.15, 0.2) is 24.3 Å². The predicted octanol–water partition coefficient (Wildman–Crippen LogP) is 0.603. The van der Waals surface area contributed by atoms with Gasteiger partial charge in [0.1, 0.15) is 0 Å². The fraction of sp³-hybridized carbons (Fsp3) is 0.467. The molecule has 1 fully saturated rings. The number of hydrogen-bond donors (Lipinski definition) is 1. The Morgan fingerprint density at radius 3 is 2.76 bits per heavy atom. The number of fused-ring (bicyclic) bond motifs is 1. The minimum Gasteiger partial charge on any atom is -0.389 e. The van der Waals surface area contributed by atoms with E-state index in [0.29, 0.717) is 26.2 Å². The van der Waals surface area contributed by atoms with E-state index in [2.05, 4.69) is 4.98 Å². The van der Waals surface area contributed by atoms with E-state index in [-0.39, 0.29) is 5.91 Å². The summed E-state index contributed by atoms with van der Waals surface area (Å²) in [6.45, 7) is 3.69. The van der Waals surface area contributed by atoms with Crippen LogP contribution < -0.4 is 4.90 Å². The third kappa shape index (κ3) is 2.58. The van der Waals surface area contributed by atoms with E-state index in [1.807, 2.05) is 40.8 Å². The van der Waals surface area contributed by atoms with Gasteiger partial charge in [-0.05, 0) is 12.1 Å². The minimum atomic E-state index is -0.559. The lowest BCUT2D eigenvalue weighted by Gasteiger charge is -2.22. The van der Waals surface area contributed by atoms with Crippen LogP contribution in [0.3, 0.4) is 0 Å². The Labute approximate surface area is 123 Å². The largest absolute Gasteiger partial charge is 0.389 e. The van der Waals surface area contributed by atoms with Crippen LogP contribution in [0.4, 0.5) is 5.95 Å². The Bertz CT molecular complexity index is 667. The Balaban J connectivity index is 1.91. The number of anilines is 1. The molecule has 0 bridgehead atoms. The normalized spacial score (nSPS) is 19.9. The number of benzene rings is 1. The number of aliphatic hydroxyl groups excluding tert-OH is 1. The van der Waals surface area contributed by atoms with Crippen LogP contribution in [0, 0.1) is 0 Å². The van der Waals surface area contributed by atoms with Crippen molar-refractivity contribution < 1.29 is 9.90 Å². The van der Waals surface area contributed by atoms with E-state index in [0.717, 1.165) is 17.0 Å². The molecule has 6 heteroatoms. The quantitative estimate of drug-likeness (QED) is 0.835. The fourth-order valence-electron chi connectivity index (χ4n) is 2.87. The van der Waals surface area contributed by atoms with Gasteiger partial charge in [-0.2, -0.15) is 0 Å². The van der Waals surface area contributed by atoms with Gasteiger partial charge in [0.2, 0.25) is 11.9 Å². The van der Waals surface area contributed by atoms with Gasteiger partial charge in [-0.1, -0.05) is 12.1 Å². The monoisotopic (exact) mass is 288 g/mol. The maximum atomic E-state index is 11.5. The Hall–Kier alpha value is -2.08. The van der Waals surface area contributed by atoms with Gasteiger partial charge in [0, 0.05) is 40.2 Å². The number of carbonyl (C=O) groups excluding carboxylic acids is 1. The number of hydrogen-bond acceptors (Lipinski definition) is 4. The van der Waals surface area contributed by atoms with E-state index in [1.165, 1.54) is 6.92 Å². The van der Waals surface area contributed by atoms with Crippen molar-refractivity contribution in [2.24, 2.45) is 7.05 Å². The number of para-hydroxylation sites is 2. The van der Waals surface area contributed by atoms with Gasteiger partial charge in [-0.15, -0.1) is 0 Å². The topological polar surface area (TPSA) is 61.6 Å². The first-order chi connectivity index (χ1) is 10.1. The molecule has 21 heavy (non-hydrogen) atoms. The van der Waals surface area contributed by atoms with Gasteiger partial charge in [-0.25, -0.2) is 4.98 Å². The van der Waals surface area contributed by atoms with Crippen molar-refractivity contribution in [3.63, 3.8) is 0 Å². The zero-order valence-electron chi connectivity index (χ0n) is 12.4. The molecule has 3 rings (SSSR count). The van der Waals surface area contributed by atoms with Crippen LogP contribution in [0.1, 0.15) is 6.92 Å². The summed E-state index contributed by atoms with van der Waals surface area (Å²) in [4.78, 5) is 19.9. The number of aromatic nitrogens is 2. The van der Waals surface area contributed by atoms with Crippen molar-refractivity contribution in [1.29, 1.82) is 0 Å². The summed E-state index contributed by atoms with van der Waals surface area (Å²) in [7, 11) is 1.98. The molecule has 1 saturated heterocycles. The smallest absolute Gasteiger partial charge is 0.219 e. The van der Waals surface area contributed by atoms with Crippen LogP contribution in [-0.2, 0) is 11.8 Å². The fourth-order valence-corrected chi connectivity index (χ4v) is 2.87. The van der Waals surface area contributed by atoms with E-state index in [9.17, 15) is 9.90 Å². The van der Waals surface area contributed by atoms with Crippen molar-refractivity contribution >= 4 is 22.9 Å². The highest BCUT2D eigenvalue weighted by Gasteiger charge is 2.25. The third-order valence-corrected chi connectivity index (χ3v) is 3.99. The summed E-state index contributed by atoms with van der Waals surface area (Å²) < 4.78 is 2.03. The predicted molar refractivity (Wildman–Crippen MR) is 81.2 cm³/mol.